The minimum Gasteiger partial charge on any atom is -0.355 e. The van der Waals surface area contributed by atoms with E-state index < -0.39 is 0 Å². The average Bonchev–Trinajstić information content (AvgIpc) is 2.98. The summed E-state index contributed by atoms with van der Waals surface area (Å²) in [6.45, 7) is 1.13. The summed E-state index contributed by atoms with van der Waals surface area (Å²) >= 11 is 3.10. The van der Waals surface area contributed by atoms with Crippen LogP contribution in [0.15, 0.2) is 131 Å². The van der Waals surface area contributed by atoms with E-state index in [0.717, 1.165) is 33.8 Å². The lowest BCUT2D eigenvalue weighted by Gasteiger charge is -2.18. The molecular formula is C32H32N2O2S2. The predicted octanol–water partition coefficient (Wildman–Crippen LogP) is 7.07. The highest BCUT2D eigenvalue weighted by Gasteiger charge is 2.23. The summed E-state index contributed by atoms with van der Waals surface area (Å²) in [7, 11) is 0. The second-order valence-electron chi connectivity index (χ2n) is 8.73. The number of rotatable bonds is 13. The van der Waals surface area contributed by atoms with Crippen molar-refractivity contribution in [3.05, 3.63) is 132 Å². The van der Waals surface area contributed by atoms with Gasteiger partial charge in [-0.25, -0.2) is 0 Å². The Morgan fingerprint density at radius 1 is 0.500 bits per heavy atom. The van der Waals surface area contributed by atoms with E-state index in [9.17, 15) is 9.59 Å². The number of unbranched alkanes of at least 4 members (excludes halogenated alkanes) is 1. The average molecular weight is 541 g/mol. The second kappa shape index (κ2) is 15.1. The standard InChI is InChI=1S/C32H32N2O2S2/c35-31(29(25-15-5-1-6-16-25)37-27-19-9-3-10-20-27)33-23-13-14-24-34-32(36)30(26-17-7-2-8-18-26)38-28-21-11-4-12-22-28/h1-12,15-22,29-30H,13-14,23-24H2,(H,33,35)(H,34,36)/t29-,30+. The molecule has 0 aliphatic carbocycles. The molecule has 2 amide bonds. The largest absolute Gasteiger partial charge is 0.355 e. The maximum Gasteiger partial charge on any atom is 0.237 e. The number of amides is 2. The summed E-state index contributed by atoms with van der Waals surface area (Å²) in [6, 6.07) is 39.7. The maximum atomic E-state index is 13.1. The van der Waals surface area contributed by atoms with E-state index in [0.29, 0.717) is 13.1 Å². The third-order valence-electron chi connectivity index (χ3n) is 5.88. The normalized spacial score (nSPS) is 12.3. The molecule has 0 fully saturated rings. The third kappa shape index (κ3) is 8.54. The van der Waals surface area contributed by atoms with E-state index in [1.165, 1.54) is 0 Å². The van der Waals surface area contributed by atoms with Crippen molar-refractivity contribution in [3.8, 4) is 0 Å². The van der Waals surface area contributed by atoms with Crippen LogP contribution in [-0.4, -0.2) is 24.9 Å². The van der Waals surface area contributed by atoms with E-state index in [-0.39, 0.29) is 22.3 Å². The van der Waals surface area contributed by atoms with Gasteiger partial charge < -0.3 is 10.6 Å². The Balaban J connectivity index is 1.25. The molecule has 0 unspecified atom stereocenters. The summed E-state index contributed by atoms with van der Waals surface area (Å²) in [5, 5.41) is 5.55. The highest BCUT2D eigenvalue weighted by Crippen LogP contribution is 2.36. The van der Waals surface area contributed by atoms with Gasteiger partial charge in [-0.2, -0.15) is 0 Å². The fraction of sp³-hybridized carbons (Fsp3) is 0.188. The first-order valence-electron chi connectivity index (χ1n) is 12.8. The lowest BCUT2D eigenvalue weighted by molar-refractivity contribution is -0.121. The lowest BCUT2D eigenvalue weighted by Crippen LogP contribution is -2.31. The monoisotopic (exact) mass is 540 g/mol. The Morgan fingerprint density at radius 3 is 1.16 bits per heavy atom. The van der Waals surface area contributed by atoms with Crippen LogP contribution in [0.1, 0.15) is 34.5 Å². The van der Waals surface area contributed by atoms with Crippen LogP contribution in [0.4, 0.5) is 0 Å². The number of nitrogens with one attached hydrogen (secondary N) is 2. The number of hydrogen-bond acceptors (Lipinski definition) is 4. The number of benzene rings is 4. The molecule has 0 aromatic heterocycles. The minimum atomic E-state index is -0.319. The van der Waals surface area contributed by atoms with E-state index in [1.54, 1.807) is 23.5 Å². The van der Waals surface area contributed by atoms with Crippen LogP contribution in [-0.2, 0) is 9.59 Å². The van der Waals surface area contributed by atoms with Crippen LogP contribution < -0.4 is 10.6 Å². The zero-order chi connectivity index (χ0) is 26.4. The molecule has 0 aliphatic heterocycles. The lowest BCUT2D eigenvalue weighted by atomic mass is 10.1. The van der Waals surface area contributed by atoms with Gasteiger partial charge in [0.25, 0.3) is 0 Å². The first-order chi connectivity index (χ1) is 18.7. The van der Waals surface area contributed by atoms with Gasteiger partial charge >= 0.3 is 0 Å². The van der Waals surface area contributed by atoms with Crippen LogP contribution in [0.3, 0.4) is 0 Å². The van der Waals surface area contributed by atoms with Crippen molar-refractivity contribution >= 4 is 35.3 Å². The molecule has 4 rings (SSSR count). The molecule has 4 aromatic carbocycles. The number of carbonyl (C=O) groups is 2. The summed E-state index contributed by atoms with van der Waals surface area (Å²) in [4.78, 5) is 28.3. The molecule has 0 radical (unpaired) electrons. The Bertz CT molecular complexity index is 1150. The highest BCUT2D eigenvalue weighted by molar-refractivity contribution is 8.00. The molecule has 2 atom stereocenters. The molecule has 0 spiro atoms. The van der Waals surface area contributed by atoms with Gasteiger partial charge in [0.2, 0.25) is 11.8 Å². The molecule has 194 valence electrons. The van der Waals surface area contributed by atoms with Crippen LogP contribution in [0.2, 0.25) is 0 Å². The van der Waals surface area contributed by atoms with Crippen molar-refractivity contribution in [1.82, 2.24) is 10.6 Å². The van der Waals surface area contributed by atoms with Crippen LogP contribution >= 0.6 is 23.5 Å². The number of carbonyl (C=O) groups excluding carboxylic acids is 2. The SMILES string of the molecule is O=C(NCCCCNC(=O)[C@H](Sc1ccccc1)c1ccccc1)[C@@H](Sc1ccccc1)c1ccccc1. The summed E-state index contributed by atoms with van der Waals surface area (Å²) in [6.07, 6.45) is 1.57. The fourth-order valence-corrected chi connectivity index (χ4v) is 6.07. The van der Waals surface area contributed by atoms with Crippen LogP contribution in [0, 0.1) is 0 Å². The van der Waals surface area contributed by atoms with Crippen LogP contribution in [0.5, 0.6) is 0 Å². The van der Waals surface area contributed by atoms with Crippen molar-refractivity contribution in [2.75, 3.05) is 13.1 Å². The van der Waals surface area contributed by atoms with E-state index in [4.69, 9.17) is 0 Å². The van der Waals surface area contributed by atoms with Crippen molar-refractivity contribution in [1.29, 1.82) is 0 Å². The Hall–Kier alpha value is -3.48. The Labute approximate surface area is 233 Å². The van der Waals surface area contributed by atoms with Gasteiger partial charge in [0, 0.05) is 22.9 Å². The molecular weight excluding hydrogens is 508 g/mol. The smallest absolute Gasteiger partial charge is 0.237 e. The second-order valence-corrected chi connectivity index (χ2v) is 11.1. The fourth-order valence-electron chi connectivity index (χ4n) is 3.93. The summed E-state index contributed by atoms with van der Waals surface area (Å²) in [5.41, 5.74) is 1.96. The van der Waals surface area contributed by atoms with Crippen LogP contribution in [0.25, 0.3) is 0 Å². The molecule has 0 bridgehead atoms. The van der Waals surface area contributed by atoms with Gasteiger partial charge in [-0.05, 0) is 48.2 Å². The molecule has 0 saturated carbocycles. The zero-order valence-corrected chi connectivity index (χ0v) is 22.8. The van der Waals surface area contributed by atoms with Crippen molar-refractivity contribution in [2.24, 2.45) is 0 Å². The van der Waals surface area contributed by atoms with Gasteiger partial charge in [0.1, 0.15) is 10.5 Å². The molecule has 4 nitrogen and oxygen atoms in total. The molecule has 38 heavy (non-hydrogen) atoms. The van der Waals surface area contributed by atoms with Gasteiger partial charge in [-0.1, -0.05) is 97.1 Å². The Kier molecular flexibility index (Phi) is 10.9. The van der Waals surface area contributed by atoms with Gasteiger partial charge in [-0.15, -0.1) is 23.5 Å². The zero-order valence-electron chi connectivity index (χ0n) is 21.2. The summed E-state index contributed by atoms with van der Waals surface area (Å²) < 4.78 is 0. The first-order valence-corrected chi connectivity index (χ1v) is 14.6. The molecule has 4 aromatic rings. The predicted molar refractivity (Wildman–Crippen MR) is 158 cm³/mol. The molecule has 0 saturated heterocycles. The van der Waals surface area contributed by atoms with Crippen molar-refractivity contribution in [2.45, 2.75) is 33.1 Å². The molecule has 6 heteroatoms. The summed E-state index contributed by atoms with van der Waals surface area (Å²) in [5.74, 6) is -0.00465. The molecule has 0 heterocycles. The van der Waals surface area contributed by atoms with Gasteiger partial charge in [0.15, 0.2) is 0 Å². The van der Waals surface area contributed by atoms with E-state index in [2.05, 4.69) is 10.6 Å². The van der Waals surface area contributed by atoms with E-state index in [1.807, 2.05) is 121 Å². The third-order valence-corrected chi connectivity index (χ3v) is 8.41. The number of hydrogen-bond donors (Lipinski definition) is 2. The van der Waals surface area contributed by atoms with E-state index >= 15 is 0 Å². The quantitative estimate of drug-likeness (QED) is 0.141. The maximum absolute atomic E-state index is 13.1. The molecule has 2 N–H and O–H groups in total. The minimum absolute atomic E-state index is 0.00232. The number of thioether (sulfide) groups is 2. The molecule has 0 aliphatic rings. The van der Waals surface area contributed by atoms with Crippen molar-refractivity contribution in [3.63, 3.8) is 0 Å². The first kappa shape index (κ1) is 27.6. The van der Waals surface area contributed by atoms with Gasteiger partial charge in [-0.3, -0.25) is 9.59 Å². The van der Waals surface area contributed by atoms with Gasteiger partial charge in [0.05, 0.1) is 0 Å². The Morgan fingerprint density at radius 2 is 0.816 bits per heavy atom. The topological polar surface area (TPSA) is 58.2 Å². The van der Waals surface area contributed by atoms with Crippen molar-refractivity contribution < 1.29 is 9.59 Å². The highest BCUT2D eigenvalue weighted by atomic mass is 32.2.